The number of methoxy groups -OCH3 is 1. The first-order valence-electron chi connectivity index (χ1n) is 5.08. The van der Waals surface area contributed by atoms with Crippen molar-refractivity contribution in [3.05, 3.63) is 35.3 Å². The van der Waals surface area contributed by atoms with E-state index in [1.54, 1.807) is 0 Å². The molecule has 1 heterocycles. The number of carboxylic acids is 1. The summed E-state index contributed by atoms with van der Waals surface area (Å²) < 4.78 is 23.3. The molecule has 94 valence electrons. The Kier molecular flexibility index (Phi) is 3.01. The summed E-state index contributed by atoms with van der Waals surface area (Å²) >= 11 is 0. The van der Waals surface area contributed by atoms with Gasteiger partial charge in [-0.15, -0.1) is 0 Å². The van der Waals surface area contributed by atoms with Gasteiger partial charge in [0.15, 0.2) is 17.3 Å². The molecule has 0 saturated carbocycles. The summed E-state index contributed by atoms with van der Waals surface area (Å²) in [5, 5.41) is 12.6. The van der Waals surface area contributed by atoms with E-state index in [1.165, 1.54) is 26.2 Å². The van der Waals surface area contributed by atoms with Crippen molar-refractivity contribution < 1.29 is 23.6 Å². The van der Waals surface area contributed by atoms with Gasteiger partial charge in [0.25, 0.3) is 0 Å². The van der Waals surface area contributed by atoms with E-state index in [0.717, 1.165) is 6.07 Å². The van der Waals surface area contributed by atoms with Gasteiger partial charge in [-0.1, -0.05) is 5.16 Å². The topological polar surface area (TPSA) is 72.6 Å². The van der Waals surface area contributed by atoms with E-state index in [4.69, 9.17) is 14.4 Å². The first-order chi connectivity index (χ1) is 8.54. The molecule has 6 heteroatoms. The molecule has 2 rings (SSSR count). The van der Waals surface area contributed by atoms with Crippen LogP contribution in [0.15, 0.2) is 22.7 Å². The van der Waals surface area contributed by atoms with Gasteiger partial charge in [0.2, 0.25) is 0 Å². The van der Waals surface area contributed by atoms with Crippen LogP contribution in [-0.2, 0) is 0 Å². The van der Waals surface area contributed by atoms with Crippen molar-refractivity contribution in [3.8, 4) is 17.1 Å². The highest BCUT2D eigenvalue weighted by atomic mass is 19.1. The molecule has 0 aliphatic rings. The Morgan fingerprint density at radius 1 is 1.50 bits per heavy atom. The molecule has 0 bridgehead atoms. The van der Waals surface area contributed by atoms with Crippen LogP contribution in [0, 0.1) is 12.7 Å². The minimum absolute atomic E-state index is 0.0292. The van der Waals surface area contributed by atoms with Crippen molar-refractivity contribution in [2.75, 3.05) is 7.11 Å². The minimum atomic E-state index is -1.17. The molecule has 0 amide bonds. The van der Waals surface area contributed by atoms with E-state index in [2.05, 4.69) is 5.16 Å². The second kappa shape index (κ2) is 4.48. The molecule has 0 saturated heterocycles. The van der Waals surface area contributed by atoms with E-state index in [1.807, 2.05) is 0 Å². The zero-order valence-electron chi connectivity index (χ0n) is 9.73. The normalized spacial score (nSPS) is 10.4. The number of ether oxygens (including phenoxy) is 1. The fourth-order valence-corrected chi connectivity index (χ4v) is 1.63. The first kappa shape index (κ1) is 12.1. The second-order valence-corrected chi connectivity index (χ2v) is 3.63. The van der Waals surface area contributed by atoms with Crippen LogP contribution in [0.3, 0.4) is 0 Å². The molecule has 0 aliphatic heterocycles. The third-order valence-electron chi connectivity index (χ3n) is 2.49. The maximum atomic E-state index is 13.5. The molecular weight excluding hydrogens is 241 g/mol. The molecule has 1 aromatic heterocycles. The Morgan fingerprint density at radius 2 is 2.22 bits per heavy atom. The lowest BCUT2D eigenvalue weighted by atomic mass is 10.1. The molecular formula is C12H10FNO4. The zero-order valence-corrected chi connectivity index (χ0v) is 9.73. The smallest absolute Gasteiger partial charge is 0.341 e. The van der Waals surface area contributed by atoms with Crippen LogP contribution in [0.2, 0.25) is 0 Å². The van der Waals surface area contributed by atoms with Crippen molar-refractivity contribution in [3.63, 3.8) is 0 Å². The van der Waals surface area contributed by atoms with Crippen LogP contribution in [-0.4, -0.2) is 23.3 Å². The van der Waals surface area contributed by atoms with Gasteiger partial charge in [-0.2, -0.15) is 0 Å². The highest BCUT2D eigenvalue weighted by molar-refractivity contribution is 5.95. The number of hydrogen-bond acceptors (Lipinski definition) is 4. The van der Waals surface area contributed by atoms with Gasteiger partial charge < -0.3 is 14.4 Å². The third kappa shape index (κ3) is 1.92. The monoisotopic (exact) mass is 251 g/mol. The molecule has 2 aromatic rings. The number of aromatic carboxylic acids is 1. The number of hydrogen-bond donors (Lipinski definition) is 1. The minimum Gasteiger partial charge on any atom is -0.494 e. The summed E-state index contributed by atoms with van der Waals surface area (Å²) in [7, 11) is 1.35. The number of nitrogens with zero attached hydrogens (tertiary/aromatic N) is 1. The van der Waals surface area contributed by atoms with E-state index < -0.39 is 11.8 Å². The summed E-state index contributed by atoms with van der Waals surface area (Å²) in [6.45, 7) is 1.51. The molecule has 0 spiro atoms. The second-order valence-electron chi connectivity index (χ2n) is 3.63. The summed E-state index contributed by atoms with van der Waals surface area (Å²) in [5.41, 5.74) is 0.472. The predicted octanol–water partition coefficient (Wildman–Crippen LogP) is 2.50. The van der Waals surface area contributed by atoms with Crippen molar-refractivity contribution >= 4 is 5.97 Å². The molecule has 0 unspecified atom stereocenters. The summed E-state index contributed by atoms with van der Waals surface area (Å²) in [6, 6.07) is 4.05. The molecule has 5 nitrogen and oxygen atoms in total. The van der Waals surface area contributed by atoms with E-state index in [9.17, 15) is 9.18 Å². The van der Waals surface area contributed by atoms with Crippen molar-refractivity contribution in [1.82, 2.24) is 5.16 Å². The number of benzene rings is 1. The number of rotatable bonds is 3. The average molecular weight is 251 g/mol. The third-order valence-corrected chi connectivity index (χ3v) is 2.49. The Bertz CT molecular complexity index is 606. The van der Waals surface area contributed by atoms with Gasteiger partial charge in [0.1, 0.15) is 5.56 Å². The van der Waals surface area contributed by atoms with E-state index in [-0.39, 0.29) is 22.8 Å². The van der Waals surface area contributed by atoms with Crippen LogP contribution in [0.5, 0.6) is 5.75 Å². The highest BCUT2D eigenvalue weighted by Gasteiger charge is 2.21. The van der Waals surface area contributed by atoms with Gasteiger partial charge in [0.05, 0.1) is 12.8 Å². The molecule has 0 aliphatic carbocycles. The molecule has 0 fully saturated rings. The van der Waals surface area contributed by atoms with Crippen LogP contribution in [0.1, 0.15) is 16.1 Å². The Labute approximate surface area is 102 Å². The van der Waals surface area contributed by atoms with Crippen LogP contribution in [0.4, 0.5) is 4.39 Å². The van der Waals surface area contributed by atoms with Crippen molar-refractivity contribution in [2.45, 2.75) is 6.92 Å². The number of halogens is 1. The molecule has 1 aromatic carbocycles. The average Bonchev–Trinajstić information content (AvgIpc) is 2.71. The standard InChI is InChI=1S/C12H10FNO4/c1-6-10(12(15)16)11(18-14-6)7-3-4-9(17-2)8(13)5-7/h3-5H,1-2H3,(H,15,16). The number of carbonyl (C=O) groups is 1. The van der Waals surface area contributed by atoms with Gasteiger partial charge in [-0.25, -0.2) is 9.18 Å². The van der Waals surface area contributed by atoms with Gasteiger partial charge in [0, 0.05) is 5.56 Å². The van der Waals surface area contributed by atoms with Crippen molar-refractivity contribution in [1.29, 1.82) is 0 Å². The van der Waals surface area contributed by atoms with Crippen molar-refractivity contribution in [2.24, 2.45) is 0 Å². The Balaban J connectivity index is 2.56. The maximum absolute atomic E-state index is 13.5. The molecule has 0 atom stereocenters. The quantitative estimate of drug-likeness (QED) is 0.907. The SMILES string of the molecule is COc1ccc(-c2onc(C)c2C(=O)O)cc1F. The van der Waals surface area contributed by atoms with E-state index in [0.29, 0.717) is 5.56 Å². The molecule has 1 N–H and O–H groups in total. The summed E-state index contributed by atoms with van der Waals surface area (Å²) in [5.74, 6) is -1.66. The van der Waals surface area contributed by atoms with Gasteiger partial charge in [-0.3, -0.25) is 0 Å². The zero-order chi connectivity index (χ0) is 13.3. The number of carboxylic acid groups (broad SMARTS) is 1. The largest absolute Gasteiger partial charge is 0.494 e. The van der Waals surface area contributed by atoms with Gasteiger partial charge in [-0.05, 0) is 25.1 Å². The van der Waals surface area contributed by atoms with Gasteiger partial charge >= 0.3 is 5.97 Å². The fourth-order valence-electron chi connectivity index (χ4n) is 1.63. The lowest BCUT2D eigenvalue weighted by Crippen LogP contribution is -1.99. The summed E-state index contributed by atoms with van der Waals surface area (Å²) in [6.07, 6.45) is 0. The Hall–Kier alpha value is -2.37. The lowest BCUT2D eigenvalue weighted by molar-refractivity contribution is 0.0696. The summed E-state index contributed by atoms with van der Waals surface area (Å²) in [4.78, 5) is 11.1. The maximum Gasteiger partial charge on any atom is 0.341 e. The van der Waals surface area contributed by atoms with Crippen LogP contribution < -0.4 is 4.74 Å². The molecule has 18 heavy (non-hydrogen) atoms. The number of aryl methyl sites for hydroxylation is 1. The van der Waals surface area contributed by atoms with E-state index >= 15 is 0 Å². The molecule has 0 radical (unpaired) electrons. The first-order valence-corrected chi connectivity index (χ1v) is 5.08. The van der Waals surface area contributed by atoms with Crippen LogP contribution in [0.25, 0.3) is 11.3 Å². The fraction of sp³-hybridized carbons (Fsp3) is 0.167. The van der Waals surface area contributed by atoms with Crippen LogP contribution >= 0.6 is 0 Å². The predicted molar refractivity (Wildman–Crippen MR) is 60.1 cm³/mol. The lowest BCUT2D eigenvalue weighted by Gasteiger charge is -2.03. The number of aromatic nitrogens is 1. The Morgan fingerprint density at radius 3 is 2.78 bits per heavy atom. The highest BCUT2D eigenvalue weighted by Crippen LogP contribution is 2.29.